The van der Waals surface area contributed by atoms with Crippen LogP contribution in [-0.4, -0.2) is 23.7 Å². The highest BCUT2D eigenvalue weighted by atomic mass is 79.9. The molecule has 0 bridgehead atoms. The SMILES string of the molecule is NC(=O)c1ccc(OC2CCC(CO)CC2)cc1Br. The highest BCUT2D eigenvalue weighted by Crippen LogP contribution is 2.29. The molecule has 19 heavy (non-hydrogen) atoms. The zero-order chi connectivity index (χ0) is 13.8. The molecule has 0 saturated heterocycles. The van der Waals surface area contributed by atoms with Gasteiger partial charge in [-0.2, -0.15) is 0 Å². The Morgan fingerprint density at radius 1 is 1.37 bits per heavy atom. The first-order chi connectivity index (χ1) is 9.10. The van der Waals surface area contributed by atoms with E-state index in [1.165, 1.54) is 0 Å². The van der Waals surface area contributed by atoms with Crippen molar-refractivity contribution < 1.29 is 14.6 Å². The Labute approximate surface area is 121 Å². The van der Waals surface area contributed by atoms with E-state index in [1.807, 2.05) is 0 Å². The van der Waals surface area contributed by atoms with Crippen molar-refractivity contribution in [1.82, 2.24) is 0 Å². The fraction of sp³-hybridized carbons (Fsp3) is 0.500. The fourth-order valence-electron chi connectivity index (χ4n) is 2.39. The summed E-state index contributed by atoms with van der Waals surface area (Å²) >= 11 is 3.32. The van der Waals surface area contributed by atoms with E-state index in [1.54, 1.807) is 18.2 Å². The molecule has 4 nitrogen and oxygen atoms in total. The second-order valence-corrected chi connectivity index (χ2v) is 5.80. The lowest BCUT2D eigenvalue weighted by Gasteiger charge is -2.28. The normalized spacial score (nSPS) is 23.1. The molecule has 0 aliphatic heterocycles. The second-order valence-electron chi connectivity index (χ2n) is 4.95. The molecule has 1 amide bonds. The molecule has 3 N–H and O–H groups in total. The van der Waals surface area contributed by atoms with Gasteiger partial charge in [0.2, 0.25) is 5.91 Å². The van der Waals surface area contributed by atoms with Gasteiger partial charge in [-0.05, 0) is 65.7 Å². The van der Waals surface area contributed by atoms with Gasteiger partial charge in [0.25, 0.3) is 0 Å². The molecule has 1 aromatic carbocycles. The Bertz CT molecular complexity index is 456. The van der Waals surface area contributed by atoms with E-state index < -0.39 is 5.91 Å². The topological polar surface area (TPSA) is 72.6 Å². The van der Waals surface area contributed by atoms with Crippen LogP contribution < -0.4 is 10.5 Å². The molecule has 104 valence electrons. The van der Waals surface area contributed by atoms with Crippen LogP contribution in [0.1, 0.15) is 36.0 Å². The van der Waals surface area contributed by atoms with Crippen LogP contribution in [0.3, 0.4) is 0 Å². The summed E-state index contributed by atoms with van der Waals surface area (Å²) in [5.41, 5.74) is 5.70. The van der Waals surface area contributed by atoms with Gasteiger partial charge in [0.15, 0.2) is 0 Å². The maximum Gasteiger partial charge on any atom is 0.249 e. The first-order valence-corrected chi connectivity index (χ1v) is 7.26. The highest BCUT2D eigenvalue weighted by Gasteiger charge is 2.22. The summed E-state index contributed by atoms with van der Waals surface area (Å²) < 4.78 is 6.55. The number of hydrogen-bond donors (Lipinski definition) is 2. The van der Waals surface area contributed by atoms with Gasteiger partial charge in [0.1, 0.15) is 5.75 Å². The summed E-state index contributed by atoms with van der Waals surface area (Å²) in [5, 5.41) is 9.10. The van der Waals surface area contributed by atoms with Crippen molar-refractivity contribution in [2.45, 2.75) is 31.8 Å². The smallest absolute Gasteiger partial charge is 0.249 e. The van der Waals surface area contributed by atoms with Crippen molar-refractivity contribution in [1.29, 1.82) is 0 Å². The number of aliphatic hydroxyl groups is 1. The van der Waals surface area contributed by atoms with E-state index in [0.29, 0.717) is 16.0 Å². The number of benzene rings is 1. The zero-order valence-electron chi connectivity index (χ0n) is 10.6. The summed E-state index contributed by atoms with van der Waals surface area (Å²) in [6.45, 7) is 0.269. The third-order valence-corrected chi connectivity index (χ3v) is 4.22. The Balaban J connectivity index is 1.97. The van der Waals surface area contributed by atoms with Gasteiger partial charge in [-0.3, -0.25) is 4.79 Å². The third kappa shape index (κ3) is 3.70. The predicted molar refractivity (Wildman–Crippen MR) is 76.1 cm³/mol. The van der Waals surface area contributed by atoms with Gasteiger partial charge < -0.3 is 15.6 Å². The summed E-state index contributed by atoms with van der Waals surface area (Å²) in [7, 11) is 0. The van der Waals surface area contributed by atoms with E-state index >= 15 is 0 Å². The minimum absolute atomic E-state index is 0.189. The van der Waals surface area contributed by atoms with E-state index in [2.05, 4.69) is 15.9 Å². The van der Waals surface area contributed by atoms with Gasteiger partial charge in [-0.25, -0.2) is 0 Å². The molecule has 1 aliphatic rings. The number of carbonyl (C=O) groups is 1. The molecule has 2 rings (SSSR count). The molecule has 0 atom stereocenters. The van der Waals surface area contributed by atoms with Crippen molar-refractivity contribution in [3.05, 3.63) is 28.2 Å². The standard InChI is InChI=1S/C14H18BrNO3/c15-13-7-11(5-6-12(13)14(16)18)19-10-3-1-9(8-17)2-4-10/h5-7,9-10,17H,1-4,8H2,(H2,16,18). The van der Waals surface area contributed by atoms with E-state index in [0.717, 1.165) is 31.4 Å². The number of hydrogen-bond acceptors (Lipinski definition) is 3. The second kappa shape index (κ2) is 6.39. The highest BCUT2D eigenvalue weighted by molar-refractivity contribution is 9.10. The summed E-state index contributed by atoms with van der Waals surface area (Å²) in [4.78, 5) is 11.1. The third-order valence-electron chi connectivity index (χ3n) is 3.56. The minimum atomic E-state index is -0.457. The van der Waals surface area contributed by atoms with Crippen LogP contribution in [0.4, 0.5) is 0 Å². The molecule has 0 spiro atoms. The maximum atomic E-state index is 11.1. The molecule has 0 aromatic heterocycles. The summed E-state index contributed by atoms with van der Waals surface area (Å²) in [6, 6.07) is 5.21. The Morgan fingerprint density at radius 2 is 2.05 bits per heavy atom. The lowest BCUT2D eigenvalue weighted by Crippen LogP contribution is -2.25. The number of carbonyl (C=O) groups excluding carboxylic acids is 1. The number of nitrogens with two attached hydrogens (primary N) is 1. The van der Waals surface area contributed by atoms with Crippen molar-refractivity contribution in [3.8, 4) is 5.75 Å². The Morgan fingerprint density at radius 3 is 2.58 bits per heavy atom. The molecule has 1 saturated carbocycles. The molecule has 0 radical (unpaired) electrons. The van der Waals surface area contributed by atoms with Gasteiger partial charge in [0.05, 0.1) is 11.7 Å². The molecule has 0 unspecified atom stereocenters. The van der Waals surface area contributed by atoms with Crippen LogP contribution in [0.25, 0.3) is 0 Å². The lowest BCUT2D eigenvalue weighted by molar-refractivity contribution is 0.0998. The summed E-state index contributed by atoms with van der Waals surface area (Å²) in [6.07, 6.45) is 4.11. The molecule has 5 heteroatoms. The van der Waals surface area contributed by atoms with Crippen LogP contribution in [-0.2, 0) is 0 Å². The number of primary amides is 1. The van der Waals surface area contributed by atoms with Gasteiger partial charge >= 0.3 is 0 Å². The average Bonchev–Trinajstić information content (AvgIpc) is 2.39. The first kappa shape index (κ1) is 14.3. The van der Waals surface area contributed by atoms with E-state index in [4.69, 9.17) is 15.6 Å². The first-order valence-electron chi connectivity index (χ1n) is 6.47. The minimum Gasteiger partial charge on any atom is -0.490 e. The number of amides is 1. The van der Waals surface area contributed by atoms with Crippen LogP contribution in [0.15, 0.2) is 22.7 Å². The molecule has 1 aliphatic carbocycles. The molecule has 1 aromatic rings. The Kier molecular flexibility index (Phi) is 4.82. The molecule has 0 heterocycles. The van der Waals surface area contributed by atoms with Crippen molar-refractivity contribution in [3.63, 3.8) is 0 Å². The number of rotatable bonds is 4. The van der Waals surface area contributed by atoms with Crippen molar-refractivity contribution in [2.24, 2.45) is 11.7 Å². The molecule has 1 fully saturated rings. The van der Waals surface area contributed by atoms with Crippen molar-refractivity contribution >= 4 is 21.8 Å². The zero-order valence-corrected chi connectivity index (χ0v) is 12.2. The molecular formula is C14H18BrNO3. The van der Waals surface area contributed by atoms with Gasteiger partial charge in [-0.1, -0.05) is 0 Å². The van der Waals surface area contributed by atoms with Gasteiger partial charge in [-0.15, -0.1) is 0 Å². The molecular weight excluding hydrogens is 310 g/mol. The number of ether oxygens (including phenoxy) is 1. The average molecular weight is 328 g/mol. The van der Waals surface area contributed by atoms with Crippen LogP contribution >= 0.6 is 15.9 Å². The summed E-state index contributed by atoms with van der Waals surface area (Å²) in [5.74, 6) is 0.704. The van der Waals surface area contributed by atoms with E-state index in [9.17, 15) is 4.79 Å². The number of aliphatic hydroxyl groups excluding tert-OH is 1. The van der Waals surface area contributed by atoms with Gasteiger partial charge in [0, 0.05) is 11.1 Å². The van der Waals surface area contributed by atoms with Crippen LogP contribution in [0, 0.1) is 5.92 Å². The quantitative estimate of drug-likeness (QED) is 0.892. The van der Waals surface area contributed by atoms with Crippen molar-refractivity contribution in [2.75, 3.05) is 6.61 Å². The fourth-order valence-corrected chi connectivity index (χ4v) is 2.95. The lowest BCUT2D eigenvalue weighted by atomic mass is 9.88. The Hall–Kier alpha value is -1.07. The predicted octanol–water partition coefficient (Wildman–Crippen LogP) is 2.48. The van der Waals surface area contributed by atoms with Crippen LogP contribution in [0.2, 0.25) is 0 Å². The maximum absolute atomic E-state index is 11.1. The monoisotopic (exact) mass is 327 g/mol. The number of halogens is 1. The van der Waals surface area contributed by atoms with Crippen LogP contribution in [0.5, 0.6) is 5.75 Å². The largest absolute Gasteiger partial charge is 0.490 e. The van der Waals surface area contributed by atoms with E-state index in [-0.39, 0.29) is 12.7 Å².